The van der Waals surface area contributed by atoms with Crippen LogP contribution < -0.4 is 17.0 Å². The van der Waals surface area contributed by atoms with E-state index in [1.54, 1.807) is 24.3 Å². The number of aromatic nitrogens is 6. The number of nitrogens with zero attached hydrogens (tertiary/aromatic N) is 6. The van der Waals surface area contributed by atoms with E-state index >= 15 is 0 Å². The van der Waals surface area contributed by atoms with E-state index in [0.29, 0.717) is 40.8 Å². The molecule has 0 spiro atoms. The van der Waals surface area contributed by atoms with Crippen molar-refractivity contribution >= 4 is 28.2 Å². The van der Waals surface area contributed by atoms with Gasteiger partial charge in [0.1, 0.15) is 40.6 Å². The van der Waals surface area contributed by atoms with Crippen molar-refractivity contribution in [2.75, 3.05) is 11.5 Å². The first-order chi connectivity index (χ1) is 17.4. The fraction of sp³-hybridized carbons (Fsp3) is 0.200. The standard InChI is InChI=1S/C16H15FN2O.C9H10N6O/c1-4-8-11(5-2)19-14(6-3)18-13-10-7-9-12(17)15(13)16(19)20;10-6-5(7(11)13-3-12-6)9-14-8(15-16-9)4-1-2-4/h4-5,7-10H,1-2,6H2,3H3;3-4H,1-2H2,(H4,10,11,12,13)/b11-8+;. The Morgan fingerprint density at radius 3 is 2.56 bits per heavy atom. The quantitative estimate of drug-likeness (QED) is 0.385. The second-order valence-corrected chi connectivity index (χ2v) is 7.94. The lowest BCUT2D eigenvalue weighted by Gasteiger charge is -2.13. The van der Waals surface area contributed by atoms with Crippen molar-refractivity contribution in [3.8, 4) is 11.5 Å². The van der Waals surface area contributed by atoms with Crippen LogP contribution >= 0.6 is 0 Å². The maximum absolute atomic E-state index is 13.9. The Morgan fingerprint density at radius 1 is 1.22 bits per heavy atom. The van der Waals surface area contributed by atoms with Crippen LogP contribution in [0.1, 0.15) is 37.3 Å². The van der Waals surface area contributed by atoms with Crippen LogP contribution in [0.15, 0.2) is 65.2 Å². The number of allylic oxidation sites excluding steroid dienone is 4. The molecule has 1 fully saturated rings. The van der Waals surface area contributed by atoms with Crippen LogP contribution in [0.2, 0.25) is 0 Å². The first kappa shape index (κ1) is 24.5. The number of benzene rings is 1. The summed E-state index contributed by atoms with van der Waals surface area (Å²) in [5.74, 6) is 1.90. The van der Waals surface area contributed by atoms with E-state index in [4.69, 9.17) is 16.0 Å². The lowest BCUT2D eigenvalue weighted by Crippen LogP contribution is -2.24. The molecular weight excluding hydrogens is 463 g/mol. The molecule has 4 aromatic rings. The normalized spacial score (nSPS) is 13.2. The van der Waals surface area contributed by atoms with Gasteiger partial charge in [0.25, 0.3) is 11.4 Å². The van der Waals surface area contributed by atoms with E-state index in [-0.39, 0.29) is 22.9 Å². The Morgan fingerprint density at radius 2 is 1.94 bits per heavy atom. The van der Waals surface area contributed by atoms with E-state index in [2.05, 4.69) is 38.3 Å². The largest absolute Gasteiger partial charge is 0.383 e. The SMILES string of the molecule is C=C/C=C(\C=C)n1c(CC)nc2cccc(F)c2c1=O.Nc1ncnc(N)c1-c1nc(C2CC2)no1. The molecule has 0 bridgehead atoms. The van der Waals surface area contributed by atoms with Crippen molar-refractivity contribution in [3.63, 3.8) is 0 Å². The lowest BCUT2D eigenvalue weighted by atomic mass is 10.2. The van der Waals surface area contributed by atoms with Crippen molar-refractivity contribution in [2.45, 2.75) is 32.1 Å². The molecule has 0 aliphatic heterocycles. The molecule has 0 amide bonds. The van der Waals surface area contributed by atoms with Gasteiger partial charge in [0.05, 0.1) is 5.52 Å². The molecule has 184 valence electrons. The Balaban J connectivity index is 0.000000173. The minimum Gasteiger partial charge on any atom is -0.383 e. The summed E-state index contributed by atoms with van der Waals surface area (Å²) in [6, 6.07) is 4.43. The van der Waals surface area contributed by atoms with E-state index in [9.17, 15) is 9.18 Å². The summed E-state index contributed by atoms with van der Waals surface area (Å²) in [7, 11) is 0. The van der Waals surface area contributed by atoms with Gasteiger partial charge in [-0.25, -0.2) is 19.3 Å². The average Bonchev–Trinajstić information content (AvgIpc) is 3.60. The fourth-order valence-electron chi connectivity index (χ4n) is 3.57. The number of halogens is 1. The number of anilines is 2. The highest BCUT2D eigenvalue weighted by Gasteiger charge is 2.29. The molecule has 0 radical (unpaired) electrons. The molecule has 0 saturated heterocycles. The smallest absolute Gasteiger partial charge is 0.268 e. The molecule has 4 N–H and O–H groups in total. The van der Waals surface area contributed by atoms with Crippen molar-refractivity contribution in [3.05, 3.63) is 83.7 Å². The summed E-state index contributed by atoms with van der Waals surface area (Å²) in [4.78, 5) is 28.9. The minimum atomic E-state index is -0.571. The predicted octanol–water partition coefficient (Wildman–Crippen LogP) is 3.88. The third-order valence-electron chi connectivity index (χ3n) is 5.49. The number of hydrogen-bond acceptors (Lipinski definition) is 9. The zero-order valence-electron chi connectivity index (χ0n) is 19.7. The first-order valence-corrected chi connectivity index (χ1v) is 11.2. The van der Waals surface area contributed by atoms with Gasteiger partial charge in [0.2, 0.25) is 0 Å². The third kappa shape index (κ3) is 4.76. The number of hydrogen-bond donors (Lipinski definition) is 2. The van der Waals surface area contributed by atoms with Crippen molar-refractivity contribution in [1.29, 1.82) is 0 Å². The molecule has 1 aliphatic carbocycles. The summed E-state index contributed by atoms with van der Waals surface area (Å²) >= 11 is 0. The third-order valence-corrected chi connectivity index (χ3v) is 5.49. The zero-order chi connectivity index (χ0) is 25.8. The Labute approximate surface area is 205 Å². The van der Waals surface area contributed by atoms with Crippen LogP contribution in [0.5, 0.6) is 0 Å². The average molecular weight is 489 g/mol. The van der Waals surface area contributed by atoms with Gasteiger partial charge in [-0.05, 0) is 37.1 Å². The van der Waals surface area contributed by atoms with Crippen LogP contribution in [0.25, 0.3) is 28.1 Å². The second-order valence-electron chi connectivity index (χ2n) is 7.94. The summed E-state index contributed by atoms with van der Waals surface area (Å²) in [6.07, 6.45) is 8.77. The van der Waals surface area contributed by atoms with Gasteiger partial charge < -0.3 is 16.0 Å². The molecule has 1 aromatic carbocycles. The Hall–Kier alpha value is -4.67. The summed E-state index contributed by atoms with van der Waals surface area (Å²) in [5.41, 5.74) is 12.3. The number of fused-ring (bicyclic) bond motifs is 1. The predicted molar refractivity (Wildman–Crippen MR) is 136 cm³/mol. The van der Waals surface area contributed by atoms with Crippen molar-refractivity contribution in [1.82, 2.24) is 29.7 Å². The van der Waals surface area contributed by atoms with Crippen LogP contribution in [-0.4, -0.2) is 29.7 Å². The van der Waals surface area contributed by atoms with Gasteiger partial charge in [0, 0.05) is 18.0 Å². The summed E-state index contributed by atoms with van der Waals surface area (Å²) in [5, 5.41) is 3.87. The molecule has 0 atom stereocenters. The number of nitrogens with two attached hydrogens (primary N) is 2. The number of rotatable bonds is 6. The van der Waals surface area contributed by atoms with E-state index < -0.39 is 11.4 Å². The highest BCUT2D eigenvalue weighted by Crippen LogP contribution is 2.39. The molecule has 3 heterocycles. The van der Waals surface area contributed by atoms with Gasteiger partial charge in [-0.2, -0.15) is 4.98 Å². The summed E-state index contributed by atoms with van der Waals surface area (Å²) < 4.78 is 20.4. The highest BCUT2D eigenvalue weighted by atomic mass is 19.1. The van der Waals surface area contributed by atoms with Crippen LogP contribution in [0, 0.1) is 5.82 Å². The van der Waals surface area contributed by atoms with Crippen molar-refractivity contribution in [2.24, 2.45) is 0 Å². The lowest BCUT2D eigenvalue weighted by molar-refractivity contribution is 0.423. The molecular formula is C25H25FN8O2. The van der Waals surface area contributed by atoms with Crippen LogP contribution in [0.3, 0.4) is 0 Å². The van der Waals surface area contributed by atoms with Crippen LogP contribution in [0.4, 0.5) is 16.0 Å². The zero-order valence-corrected chi connectivity index (χ0v) is 19.7. The molecule has 0 unspecified atom stereocenters. The molecule has 5 rings (SSSR count). The summed E-state index contributed by atoms with van der Waals surface area (Å²) in [6.45, 7) is 9.17. The molecule has 1 aliphatic rings. The molecule has 36 heavy (non-hydrogen) atoms. The Bertz CT molecular complexity index is 1510. The molecule has 11 heteroatoms. The van der Waals surface area contributed by atoms with E-state index in [1.165, 1.54) is 23.0 Å². The van der Waals surface area contributed by atoms with Gasteiger partial charge in [-0.1, -0.05) is 37.4 Å². The fourth-order valence-corrected chi connectivity index (χ4v) is 3.57. The van der Waals surface area contributed by atoms with Gasteiger partial charge in [-0.3, -0.25) is 9.36 Å². The van der Waals surface area contributed by atoms with Gasteiger partial charge in [0.15, 0.2) is 5.82 Å². The molecule has 10 nitrogen and oxygen atoms in total. The monoisotopic (exact) mass is 488 g/mol. The maximum Gasteiger partial charge on any atom is 0.268 e. The first-order valence-electron chi connectivity index (χ1n) is 11.2. The maximum atomic E-state index is 13.9. The van der Waals surface area contributed by atoms with E-state index in [1.807, 2.05) is 6.92 Å². The van der Waals surface area contributed by atoms with Gasteiger partial charge >= 0.3 is 0 Å². The van der Waals surface area contributed by atoms with Crippen molar-refractivity contribution < 1.29 is 8.91 Å². The topological polar surface area (TPSA) is 152 Å². The minimum absolute atomic E-state index is 0.0125. The second kappa shape index (κ2) is 10.3. The van der Waals surface area contributed by atoms with Crippen LogP contribution in [-0.2, 0) is 6.42 Å². The van der Waals surface area contributed by atoms with Gasteiger partial charge in [-0.15, -0.1) is 0 Å². The molecule has 1 saturated carbocycles. The van der Waals surface area contributed by atoms with E-state index in [0.717, 1.165) is 12.8 Å². The highest BCUT2D eigenvalue weighted by molar-refractivity contribution is 5.79. The Kier molecular flexibility index (Phi) is 7.00. The number of nitrogen functional groups attached to an aromatic ring is 2. The molecule has 3 aromatic heterocycles. The number of aryl methyl sites for hydroxylation is 1.